The molecule has 0 unspecified atom stereocenters. The fourth-order valence-corrected chi connectivity index (χ4v) is 0.766. The van der Waals surface area contributed by atoms with Crippen LogP contribution in [0, 0.1) is 5.92 Å². The molecule has 86 valence electrons. The lowest BCUT2D eigenvalue weighted by Gasteiger charge is -2.18. The van der Waals surface area contributed by atoms with Gasteiger partial charge in [0.25, 0.3) is 0 Å². The number of allylic oxidation sites excluding steroid dienone is 3. The molecule has 3 heteroatoms. The number of alkyl carbamates (subject to hydrolysis) is 1. The zero-order chi connectivity index (χ0) is 11.9. The molecule has 0 saturated carbocycles. The van der Waals surface area contributed by atoms with Gasteiger partial charge in [-0.1, -0.05) is 26.0 Å². The van der Waals surface area contributed by atoms with Crippen LogP contribution >= 0.6 is 0 Å². The van der Waals surface area contributed by atoms with Gasteiger partial charge in [0.2, 0.25) is 0 Å². The van der Waals surface area contributed by atoms with Crippen LogP contribution in [0.2, 0.25) is 0 Å². The summed E-state index contributed by atoms with van der Waals surface area (Å²) in [4.78, 5) is 11.1. The lowest BCUT2D eigenvalue weighted by Crippen LogP contribution is -2.29. The first-order chi connectivity index (χ1) is 6.81. The molecule has 0 rings (SSSR count). The maximum Gasteiger partial charge on any atom is 0.411 e. The molecule has 0 aliphatic heterocycles. The summed E-state index contributed by atoms with van der Waals surface area (Å²) in [7, 11) is 0. The molecular weight excluding hydrogens is 190 g/mol. The number of carbonyl (C=O) groups excluding carboxylic acids is 1. The summed E-state index contributed by atoms with van der Waals surface area (Å²) in [6, 6.07) is 0. The van der Waals surface area contributed by atoms with Crippen LogP contribution in [-0.4, -0.2) is 11.7 Å². The number of amides is 1. The topological polar surface area (TPSA) is 38.3 Å². The highest BCUT2D eigenvalue weighted by molar-refractivity contribution is 5.68. The molecule has 0 aromatic heterocycles. The Morgan fingerprint density at radius 3 is 2.33 bits per heavy atom. The number of carbonyl (C=O) groups is 1. The predicted octanol–water partition coefficient (Wildman–Crippen LogP) is 3.24. The highest BCUT2D eigenvalue weighted by atomic mass is 16.6. The summed E-state index contributed by atoms with van der Waals surface area (Å²) in [6.07, 6.45) is 6.82. The van der Waals surface area contributed by atoms with Crippen LogP contribution in [0.3, 0.4) is 0 Å². The van der Waals surface area contributed by atoms with Gasteiger partial charge in [-0.25, -0.2) is 4.79 Å². The molecule has 0 bridgehead atoms. The summed E-state index contributed by atoms with van der Waals surface area (Å²) in [6.45, 7) is 9.66. The largest absolute Gasteiger partial charge is 0.444 e. The van der Waals surface area contributed by atoms with Crippen molar-refractivity contribution in [2.75, 3.05) is 0 Å². The number of hydrogen-bond acceptors (Lipinski definition) is 2. The molecular formula is C12H21NO2. The minimum atomic E-state index is -0.453. The summed E-state index contributed by atoms with van der Waals surface area (Å²) < 4.78 is 5.04. The van der Waals surface area contributed by atoms with E-state index in [1.54, 1.807) is 12.3 Å². The van der Waals surface area contributed by atoms with Crippen LogP contribution in [0.25, 0.3) is 0 Å². The van der Waals surface area contributed by atoms with E-state index in [2.05, 4.69) is 19.2 Å². The van der Waals surface area contributed by atoms with Crippen LogP contribution in [-0.2, 0) is 4.74 Å². The Kier molecular flexibility index (Phi) is 5.75. The van der Waals surface area contributed by atoms with Crippen LogP contribution in [0.15, 0.2) is 24.4 Å². The number of rotatable bonds is 3. The average molecular weight is 211 g/mol. The van der Waals surface area contributed by atoms with Gasteiger partial charge in [-0.3, -0.25) is 5.32 Å². The predicted molar refractivity (Wildman–Crippen MR) is 62.5 cm³/mol. The van der Waals surface area contributed by atoms with Crippen molar-refractivity contribution >= 4 is 6.09 Å². The molecule has 0 saturated heterocycles. The average Bonchev–Trinajstić information content (AvgIpc) is 1.99. The van der Waals surface area contributed by atoms with Crippen LogP contribution in [0.5, 0.6) is 0 Å². The fourth-order valence-electron chi connectivity index (χ4n) is 0.766. The molecule has 3 nitrogen and oxygen atoms in total. The van der Waals surface area contributed by atoms with E-state index in [4.69, 9.17) is 4.74 Å². The zero-order valence-corrected chi connectivity index (χ0v) is 10.2. The Balaban J connectivity index is 3.81. The number of nitrogens with one attached hydrogen (secondary N) is 1. The molecule has 0 aromatic carbocycles. The van der Waals surface area contributed by atoms with E-state index in [0.29, 0.717) is 5.92 Å². The zero-order valence-electron chi connectivity index (χ0n) is 10.2. The van der Waals surface area contributed by atoms with Crippen molar-refractivity contribution < 1.29 is 9.53 Å². The Morgan fingerprint density at radius 2 is 1.87 bits per heavy atom. The van der Waals surface area contributed by atoms with Crippen molar-refractivity contribution in [3.05, 3.63) is 24.4 Å². The summed E-state index contributed by atoms with van der Waals surface area (Å²) in [5.41, 5.74) is -0.453. The molecule has 0 aliphatic rings. The van der Waals surface area contributed by atoms with Gasteiger partial charge in [-0.2, -0.15) is 0 Å². The molecule has 0 radical (unpaired) electrons. The minimum absolute atomic E-state index is 0.434. The first-order valence-electron chi connectivity index (χ1n) is 5.14. The lowest BCUT2D eigenvalue weighted by molar-refractivity contribution is 0.0552. The van der Waals surface area contributed by atoms with Crippen molar-refractivity contribution in [3.8, 4) is 0 Å². The van der Waals surface area contributed by atoms with Crippen LogP contribution in [0.4, 0.5) is 4.79 Å². The molecule has 15 heavy (non-hydrogen) atoms. The normalized spacial score (nSPS) is 12.7. The summed E-state index contributed by atoms with van der Waals surface area (Å²) in [5, 5.41) is 2.52. The van der Waals surface area contributed by atoms with Crippen molar-refractivity contribution in [3.63, 3.8) is 0 Å². The van der Waals surface area contributed by atoms with E-state index in [9.17, 15) is 4.79 Å². The van der Waals surface area contributed by atoms with Crippen LogP contribution in [0.1, 0.15) is 34.6 Å². The molecule has 0 aliphatic carbocycles. The second-order valence-corrected chi connectivity index (χ2v) is 4.63. The van der Waals surface area contributed by atoms with Gasteiger partial charge in [0.05, 0.1) is 0 Å². The summed E-state index contributed by atoms with van der Waals surface area (Å²) >= 11 is 0. The minimum Gasteiger partial charge on any atom is -0.444 e. The third kappa shape index (κ3) is 10.7. The highest BCUT2D eigenvalue weighted by Crippen LogP contribution is 2.06. The van der Waals surface area contributed by atoms with Crippen molar-refractivity contribution in [2.24, 2.45) is 5.92 Å². The maximum atomic E-state index is 11.1. The molecule has 1 N–H and O–H groups in total. The van der Waals surface area contributed by atoms with Gasteiger partial charge in [-0.05, 0) is 32.8 Å². The standard InChI is InChI=1S/C12H21NO2/c1-10(2)8-6-7-9-13-11(14)15-12(3,4)5/h6-10H,1-5H3,(H,13,14). The first kappa shape index (κ1) is 13.8. The quantitative estimate of drug-likeness (QED) is 0.728. The smallest absolute Gasteiger partial charge is 0.411 e. The Morgan fingerprint density at radius 1 is 1.27 bits per heavy atom. The number of ether oxygens (including phenoxy) is 1. The molecule has 0 fully saturated rings. The van der Waals surface area contributed by atoms with Crippen molar-refractivity contribution in [2.45, 2.75) is 40.2 Å². The molecule has 0 aromatic rings. The van der Waals surface area contributed by atoms with Gasteiger partial charge in [0, 0.05) is 6.20 Å². The van der Waals surface area contributed by atoms with E-state index in [-0.39, 0.29) is 0 Å². The lowest BCUT2D eigenvalue weighted by atomic mass is 10.2. The maximum absolute atomic E-state index is 11.1. The van der Waals surface area contributed by atoms with Crippen molar-refractivity contribution in [1.29, 1.82) is 0 Å². The molecule has 0 atom stereocenters. The second kappa shape index (κ2) is 6.27. The second-order valence-electron chi connectivity index (χ2n) is 4.63. The van der Waals surface area contributed by atoms with E-state index in [0.717, 1.165) is 0 Å². The van der Waals surface area contributed by atoms with E-state index in [1.165, 1.54) is 0 Å². The van der Waals surface area contributed by atoms with Gasteiger partial charge < -0.3 is 4.74 Å². The fraction of sp³-hybridized carbons (Fsp3) is 0.583. The van der Waals surface area contributed by atoms with Gasteiger partial charge in [-0.15, -0.1) is 0 Å². The molecule has 0 spiro atoms. The first-order valence-corrected chi connectivity index (χ1v) is 5.14. The van der Waals surface area contributed by atoms with E-state index in [1.807, 2.05) is 32.9 Å². The Hall–Kier alpha value is -1.25. The Bertz CT molecular complexity index is 247. The summed E-state index contributed by atoms with van der Waals surface area (Å²) in [5.74, 6) is 0.510. The van der Waals surface area contributed by atoms with Crippen molar-refractivity contribution in [1.82, 2.24) is 5.32 Å². The van der Waals surface area contributed by atoms with Gasteiger partial charge in [0.15, 0.2) is 0 Å². The molecule has 1 amide bonds. The van der Waals surface area contributed by atoms with Crippen LogP contribution < -0.4 is 5.32 Å². The molecule has 0 heterocycles. The highest BCUT2D eigenvalue weighted by Gasteiger charge is 2.14. The van der Waals surface area contributed by atoms with Gasteiger partial charge in [0.1, 0.15) is 5.60 Å². The third-order valence-corrected chi connectivity index (χ3v) is 1.30. The third-order valence-electron chi connectivity index (χ3n) is 1.30. The SMILES string of the molecule is CC(C)C=CC=CNC(=O)OC(C)(C)C. The number of hydrogen-bond donors (Lipinski definition) is 1. The van der Waals surface area contributed by atoms with Gasteiger partial charge >= 0.3 is 6.09 Å². The van der Waals surface area contributed by atoms with E-state index >= 15 is 0 Å². The van der Waals surface area contributed by atoms with E-state index < -0.39 is 11.7 Å². The Labute approximate surface area is 92.2 Å². The monoisotopic (exact) mass is 211 g/mol.